The zero-order valence-corrected chi connectivity index (χ0v) is 20.2. The number of Topliss-reactive ketones (excluding diaryl/α,β-unsaturated/α-hetero) is 1. The van der Waals surface area contributed by atoms with Gasteiger partial charge in [0.25, 0.3) is 0 Å². The van der Waals surface area contributed by atoms with Gasteiger partial charge in [0.05, 0.1) is 11.8 Å². The van der Waals surface area contributed by atoms with Crippen LogP contribution in [0.5, 0.6) is 0 Å². The van der Waals surface area contributed by atoms with Crippen LogP contribution in [0, 0.1) is 47.3 Å². The van der Waals surface area contributed by atoms with Crippen molar-refractivity contribution in [1.82, 2.24) is 9.78 Å². The second kappa shape index (κ2) is 7.17. The molecule has 4 saturated carbocycles. The van der Waals surface area contributed by atoms with E-state index >= 15 is 0 Å². The SMILES string of the molecule is Cc1cnn([C@@H](C)C(=O)[C@H]2CC[C@H]3[C@@H]4CC[C@@H]5C[C@](C)(O)CC[C@]5(C)[C@H]4CC[C@]23C)c1. The smallest absolute Gasteiger partial charge is 0.160 e. The van der Waals surface area contributed by atoms with Crippen LogP contribution in [-0.4, -0.2) is 26.3 Å². The van der Waals surface area contributed by atoms with E-state index in [1.165, 1.54) is 38.5 Å². The standard InChI is InChI=1S/C27H42N2O2/c1-17-15-28-29(16-17)18(2)24(30)23-9-8-21-20-7-6-19-14-25(3,31)12-13-26(19,4)22(20)10-11-27(21,23)5/h15-16,18-23,31H,6-14H2,1-5H3/t18-,19+,20-,21-,22-,23+,25+,26-,27-/m0/s1. The molecule has 0 spiro atoms. The zero-order chi connectivity index (χ0) is 22.2. The van der Waals surface area contributed by atoms with E-state index in [0.29, 0.717) is 23.0 Å². The molecule has 1 N–H and O–H groups in total. The van der Waals surface area contributed by atoms with Crippen molar-refractivity contribution in [3.63, 3.8) is 0 Å². The fourth-order valence-corrected chi connectivity index (χ4v) is 8.96. The van der Waals surface area contributed by atoms with Crippen LogP contribution >= 0.6 is 0 Å². The Morgan fingerprint density at radius 2 is 1.81 bits per heavy atom. The number of rotatable bonds is 3. The van der Waals surface area contributed by atoms with E-state index in [1.54, 1.807) is 0 Å². The monoisotopic (exact) mass is 426 g/mol. The number of hydrogen-bond donors (Lipinski definition) is 1. The highest BCUT2D eigenvalue weighted by atomic mass is 16.3. The summed E-state index contributed by atoms with van der Waals surface area (Å²) < 4.78 is 1.88. The van der Waals surface area contributed by atoms with Gasteiger partial charge < -0.3 is 5.11 Å². The molecule has 5 rings (SSSR count). The van der Waals surface area contributed by atoms with Gasteiger partial charge in [0.15, 0.2) is 5.78 Å². The molecule has 1 heterocycles. The quantitative estimate of drug-likeness (QED) is 0.671. The molecule has 0 amide bonds. The Labute approximate surface area is 188 Å². The molecule has 4 nitrogen and oxygen atoms in total. The molecule has 1 aromatic heterocycles. The molecule has 4 heteroatoms. The zero-order valence-electron chi connectivity index (χ0n) is 20.2. The van der Waals surface area contributed by atoms with Crippen LogP contribution in [0.4, 0.5) is 0 Å². The largest absolute Gasteiger partial charge is 0.390 e. The van der Waals surface area contributed by atoms with Gasteiger partial charge in [-0.15, -0.1) is 0 Å². The maximum atomic E-state index is 13.6. The highest BCUT2D eigenvalue weighted by Crippen LogP contribution is 2.68. The topological polar surface area (TPSA) is 55.1 Å². The average molecular weight is 427 g/mol. The Morgan fingerprint density at radius 1 is 1.06 bits per heavy atom. The van der Waals surface area contributed by atoms with Crippen molar-refractivity contribution in [2.45, 2.75) is 104 Å². The van der Waals surface area contributed by atoms with Gasteiger partial charge in [-0.25, -0.2) is 0 Å². The van der Waals surface area contributed by atoms with Crippen molar-refractivity contribution in [2.24, 2.45) is 40.4 Å². The number of aliphatic hydroxyl groups is 1. The summed E-state index contributed by atoms with van der Waals surface area (Å²) in [4.78, 5) is 13.6. The maximum Gasteiger partial charge on any atom is 0.160 e. The maximum absolute atomic E-state index is 13.6. The van der Waals surface area contributed by atoms with Crippen LogP contribution < -0.4 is 0 Å². The lowest BCUT2D eigenvalue weighted by Gasteiger charge is -2.61. The Balaban J connectivity index is 1.37. The Morgan fingerprint density at radius 3 is 2.52 bits per heavy atom. The molecule has 0 radical (unpaired) electrons. The molecule has 1 aromatic rings. The summed E-state index contributed by atoms with van der Waals surface area (Å²) in [5.41, 5.74) is 1.19. The summed E-state index contributed by atoms with van der Waals surface area (Å²) in [6, 6.07) is -0.166. The minimum Gasteiger partial charge on any atom is -0.390 e. The third-order valence-corrected chi connectivity index (χ3v) is 10.8. The third kappa shape index (κ3) is 3.26. The second-order valence-electron chi connectivity index (χ2n) is 12.6. The molecule has 172 valence electrons. The third-order valence-electron chi connectivity index (χ3n) is 10.8. The van der Waals surface area contributed by atoms with E-state index in [1.807, 2.05) is 37.8 Å². The molecular weight excluding hydrogens is 384 g/mol. The van der Waals surface area contributed by atoms with E-state index in [2.05, 4.69) is 18.9 Å². The molecular formula is C27H42N2O2. The Hall–Kier alpha value is -1.16. The van der Waals surface area contributed by atoms with E-state index < -0.39 is 5.60 Å². The normalized spacial score (nSPS) is 47.9. The lowest BCUT2D eigenvalue weighted by atomic mass is 9.44. The molecule has 0 unspecified atom stereocenters. The second-order valence-corrected chi connectivity index (χ2v) is 12.6. The molecule has 4 aliphatic rings. The molecule has 9 atom stereocenters. The number of ketones is 1. The van der Waals surface area contributed by atoms with Crippen LogP contribution in [-0.2, 0) is 4.79 Å². The number of nitrogens with zero attached hydrogens (tertiary/aromatic N) is 2. The van der Waals surface area contributed by atoms with Crippen molar-refractivity contribution < 1.29 is 9.90 Å². The van der Waals surface area contributed by atoms with Gasteiger partial charge in [-0.3, -0.25) is 9.48 Å². The van der Waals surface area contributed by atoms with Gasteiger partial charge in [0.1, 0.15) is 6.04 Å². The highest BCUT2D eigenvalue weighted by Gasteiger charge is 2.62. The number of aryl methyl sites for hydroxylation is 1. The number of hydrogen-bond acceptors (Lipinski definition) is 3. The van der Waals surface area contributed by atoms with E-state index in [-0.39, 0.29) is 17.4 Å². The summed E-state index contributed by atoms with van der Waals surface area (Å²) in [7, 11) is 0. The lowest BCUT2D eigenvalue weighted by Crippen LogP contribution is -2.55. The number of fused-ring (bicyclic) bond motifs is 5. The van der Waals surface area contributed by atoms with Crippen molar-refractivity contribution in [3.8, 4) is 0 Å². The molecule has 0 saturated heterocycles. The minimum absolute atomic E-state index is 0.151. The molecule has 31 heavy (non-hydrogen) atoms. The fraction of sp³-hybridized carbons (Fsp3) is 0.852. The molecule has 0 aliphatic heterocycles. The summed E-state index contributed by atoms with van der Waals surface area (Å²) in [6.07, 6.45) is 14.3. The summed E-state index contributed by atoms with van der Waals surface area (Å²) >= 11 is 0. The van der Waals surface area contributed by atoms with Crippen molar-refractivity contribution in [1.29, 1.82) is 0 Å². The van der Waals surface area contributed by atoms with Gasteiger partial charge in [-0.05, 0) is 119 Å². The predicted molar refractivity (Wildman–Crippen MR) is 123 cm³/mol. The number of carbonyl (C=O) groups excluding carboxylic acids is 1. The first-order valence-corrected chi connectivity index (χ1v) is 12.8. The van der Waals surface area contributed by atoms with Crippen LogP contribution in [0.1, 0.15) is 97.1 Å². The first-order valence-electron chi connectivity index (χ1n) is 12.8. The van der Waals surface area contributed by atoms with E-state index in [9.17, 15) is 9.90 Å². The highest BCUT2D eigenvalue weighted by molar-refractivity contribution is 5.85. The van der Waals surface area contributed by atoms with Gasteiger partial charge in [-0.2, -0.15) is 5.10 Å². The van der Waals surface area contributed by atoms with Crippen LogP contribution in [0.3, 0.4) is 0 Å². The van der Waals surface area contributed by atoms with E-state index in [0.717, 1.165) is 36.7 Å². The van der Waals surface area contributed by atoms with E-state index in [4.69, 9.17) is 0 Å². The molecule has 0 aromatic carbocycles. The Kier molecular flexibility index (Phi) is 5.01. The fourth-order valence-electron chi connectivity index (χ4n) is 8.96. The van der Waals surface area contributed by atoms with Crippen LogP contribution in [0.25, 0.3) is 0 Å². The van der Waals surface area contributed by atoms with Gasteiger partial charge >= 0.3 is 0 Å². The van der Waals surface area contributed by atoms with Crippen molar-refractivity contribution >= 4 is 5.78 Å². The van der Waals surface area contributed by atoms with Crippen LogP contribution in [0.15, 0.2) is 12.4 Å². The first-order chi connectivity index (χ1) is 14.6. The Bertz CT molecular complexity index is 859. The minimum atomic E-state index is -0.466. The van der Waals surface area contributed by atoms with Gasteiger partial charge in [-0.1, -0.05) is 13.8 Å². The number of aromatic nitrogens is 2. The predicted octanol–water partition coefficient (Wildman–Crippen LogP) is 5.73. The molecule has 4 fully saturated rings. The number of carbonyl (C=O) groups is 1. The lowest BCUT2D eigenvalue weighted by molar-refractivity contribution is -0.151. The average Bonchev–Trinajstić information content (AvgIpc) is 3.30. The summed E-state index contributed by atoms with van der Waals surface area (Å²) in [5.74, 6) is 3.48. The summed E-state index contributed by atoms with van der Waals surface area (Å²) in [5, 5.41) is 15.2. The summed E-state index contributed by atoms with van der Waals surface area (Å²) in [6.45, 7) is 11.1. The molecule has 4 aliphatic carbocycles. The van der Waals surface area contributed by atoms with Crippen molar-refractivity contribution in [3.05, 3.63) is 18.0 Å². The van der Waals surface area contributed by atoms with Gasteiger partial charge in [0, 0.05) is 12.1 Å². The van der Waals surface area contributed by atoms with Gasteiger partial charge in [0.2, 0.25) is 0 Å². The van der Waals surface area contributed by atoms with Crippen molar-refractivity contribution in [2.75, 3.05) is 0 Å². The van der Waals surface area contributed by atoms with Crippen LogP contribution in [0.2, 0.25) is 0 Å². The molecule has 0 bridgehead atoms. The first kappa shape index (κ1) is 21.7.